The van der Waals surface area contributed by atoms with Crippen molar-refractivity contribution in [3.05, 3.63) is 34.9 Å². The lowest BCUT2D eigenvalue weighted by atomic mass is 9.99. The van der Waals surface area contributed by atoms with Crippen molar-refractivity contribution < 1.29 is 9.59 Å². The summed E-state index contributed by atoms with van der Waals surface area (Å²) in [7, 11) is 0. The SMILES string of the molecule is Cc1ccc(C)c(C(=O)CCC(=O)NC2CCNCC2)c1. The Bertz CT molecular complexity index is 520. The molecular weight excluding hydrogens is 264 g/mol. The van der Waals surface area contributed by atoms with Crippen LogP contribution in [0.2, 0.25) is 0 Å². The second-order valence-corrected chi connectivity index (χ2v) is 5.83. The maximum atomic E-state index is 12.2. The molecule has 2 rings (SSSR count). The van der Waals surface area contributed by atoms with E-state index in [-0.39, 0.29) is 30.6 Å². The van der Waals surface area contributed by atoms with Crippen LogP contribution in [0.5, 0.6) is 0 Å². The van der Waals surface area contributed by atoms with Gasteiger partial charge in [-0.2, -0.15) is 0 Å². The van der Waals surface area contributed by atoms with Crippen LogP contribution in [0.4, 0.5) is 0 Å². The third-order valence-corrected chi connectivity index (χ3v) is 3.98. The molecule has 1 amide bonds. The number of piperidine rings is 1. The fourth-order valence-corrected chi connectivity index (χ4v) is 2.66. The number of carbonyl (C=O) groups excluding carboxylic acids is 2. The van der Waals surface area contributed by atoms with Gasteiger partial charge in [0.25, 0.3) is 0 Å². The largest absolute Gasteiger partial charge is 0.353 e. The molecule has 4 nitrogen and oxygen atoms in total. The van der Waals surface area contributed by atoms with Crippen LogP contribution in [0.15, 0.2) is 18.2 Å². The molecule has 1 aliphatic rings. The van der Waals surface area contributed by atoms with Gasteiger partial charge in [-0.25, -0.2) is 0 Å². The number of rotatable bonds is 5. The quantitative estimate of drug-likeness (QED) is 0.816. The lowest BCUT2D eigenvalue weighted by molar-refractivity contribution is -0.121. The number of hydrogen-bond donors (Lipinski definition) is 2. The number of amides is 1. The maximum absolute atomic E-state index is 12.2. The summed E-state index contributed by atoms with van der Waals surface area (Å²) in [4.78, 5) is 24.1. The van der Waals surface area contributed by atoms with Gasteiger partial charge in [0.1, 0.15) is 0 Å². The Morgan fingerprint density at radius 1 is 1.19 bits per heavy atom. The van der Waals surface area contributed by atoms with Gasteiger partial charge in [-0.3, -0.25) is 9.59 Å². The molecule has 2 N–H and O–H groups in total. The number of nitrogens with one attached hydrogen (secondary N) is 2. The van der Waals surface area contributed by atoms with E-state index in [1.165, 1.54) is 0 Å². The van der Waals surface area contributed by atoms with Crippen LogP contribution < -0.4 is 10.6 Å². The van der Waals surface area contributed by atoms with Crippen LogP contribution in [0.1, 0.15) is 47.2 Å². The Morgan fingerprint density at radius 3 is 2.62 bits per heavy atom. The predicted molar refractivity (Wildman–Crippen MR) is 83.5 cm³/mol. The van der Waals surface area contributed by atoms with Crippen molar-refractivity contribution in [3.63, 3.8) is 0 Å². The standard InChI is InChI=1S/C17H24N2O2/c1-12-3-4-13(2)15(11-12)16(20)5-6-17(21)19-14-7-9-18-10-8-14/h3-4,11,14,18H,5-10H2,1-2H3,(H,19,21). The Labute approximate surface area is 126 Å². The average Bonchev–Trinajstić information content (AvgIpc) is 2.48. The zero-order valence-electron chi connectivity index (χ0n) is 12.9. The molecule has 1 fully saturated rings. The predicted octanol–water partition coefficient (Wildman–Crippen LogP) is 2.13. The molecule has 0 unspecified atom stereocenters. The van der Waals surface area contributed by atoms with Crippen LogP contribution in [-0.2, 0) is 4.79 Å². The van der Waals surface area contributed by atoms with E-state index in [2.05, 4.69) is 10.6 Å². The van der Waals surface area contributed by atoms with Gasteiger partial charge in [0.15, 0.2) is 5.78 Å². The van der Waals surface area contributed by atoms with Gasteiger partial charge < -0.3 is 10.6 Å². The Morgan fingerprint density at radius 2 is 1.90 bits per heavy atom. The minimum Gasteiger partial charge on any atom is -0.353 e. The fourth-order valence-electron chi connectivity index (χ4n) is 2.66. The van der Waals surface area contributed by atoms with E-state index in [9.17, 15) is 9.59 Å². The summed E-state index contributed by atoms with van der Waals surface area (Å²) in [6.45, 7) is 5.81. The van der Waals surface area contributed by atoms with Gasteiger partial charge in [-0.15, -0.1) is 0 Å². The number of Topliss-reactive ketones (excluding diaryl/α,β-unsaturated/α-hetero) is 1. The maximum Gasteiger partial charge on any atom is 0.220 e. The van der Waals surface area contributed by atoms with Crippen molar-refractivity contribution in [1.82, 2.24) is 10.6 Å². The first-order valence-electron chi connectivity index (χ1n) is 7.67. The Kier molecular flexibility index (Phi) is 5.51. The minimum absolute atomic E-state index is 0.0134. The summed E-state index contributed by atoms with van der Waals surface area (Å²) < 4.78 is 0. The lowest BCUT2D eigenvalue weighted by Crippen LogP contribution is -2.42. The van der Waals surface area contributed by atoms with Crippen molar-refractivity contribution in [2.24, 2.45) is 0 Å². The molecule has 0 radical (unpaired) electrons. The van der Waals surface area contributed by atoms with Gasteiger partial charge in [0.05, 0.1) is 0 Å². The number of ketones is 1. The molecule has 1 aliphatic heterocycles. The molecule has 21 heavy (non-hydrogen) atoms. The van der Waals surface area contributed by atoms with Crippen LogP contribution in [0.25, 0.3) is 0 Å². The van der Waals surface area contributed by atoms with Crippen LogP contribution in [0, 0.1) is 13.8 Å². The summed E-state index contributed by atoms with van der Waals surface area (Å²) in [5.41, 5.74) is 2.79. The van der Waals surface area contributed by atoms with Crippen LogP contribution >= 0.6 is 0 Å². The van der Waals surface area contributed by atoms with Crippen molar-refractivity contribution in [3.8, 4) is 0 Å². The lowest BCUT2D eigenvalue weighted by Gasteiger charge is -2.23. The van der Waals surface area contributed by atoms with E-state index < -0.39 is 0 Å². The highest BCUT2D eigenvalue weighted by Gasteiger charge is 2.16. The van der Waals surface area contributed by atoms with E-state index >= 15 is 0 Å². The van der Waals surface area contributed by atoms with E-state index in [0.717, 1.165) is 42.6 Å². The van der Waals surface area contributed by atoms with Crippen molar-refractivity contribution in [2.75, 3.05) is 13.1 Å². The van der Waals surface area contributed by atoms with Gasteiger partial charge in [-0.05, 0) is 51.4 Å². The molecule has 1 aromatic carbocycles. The second kappa shape index (κ2) is 7.36. The van der Waals surface area contributed by atoms with Crippen LogP contribution in [-0.4, -0.2) is 30.8 Å². The van der Waals surface area contributed by atoms with Gasteiger partial charge >= 0.3 is 0 Å². The molecule has 0 spiro atoms. The van der Waals surface area contributed by atoms with Gasteiger partial charge in [-0.1, -0.05) is 17.7 Å². The molecule has 1 heterocycles. The Balaban J connectivity index is 1.82. The van der Waals surface area contributed by atoms with E-state index in [1.54, 1.807) is 0 Å². The summed E-state index contributed by atoms with van der Waals surface area (Å²) in [6, 6.07) is 6.12. The highest BCUT2D eigenvalue weighted by molar-refractivity contribution is 5.99. The first-order valence-corrected chi connectivity index (χ1v) is 7.67. The first-order chi connectivity index (χ1) is 10.1. The molecular formula is C17H24N2O2. The molecule has 1 saturated heterocycles. The molecule has 1 aromatic rings. The highest BCUT2D eigenvalue weighted by atomic mass is 16.2. The minimum atomic E-state index is -0.0134. The number of aryl methyl sites for hydroxylation is 2. The molecule has 0 saturated carbocycles. The second-order valence-electron chi connectivity index (χ2n) is 5.83. The summed E-state index contributed by atoms with van der Waals surface area (Å²) >= 11 is 0. The van der Waals surface area contributed by atoms with E-state index in [4.69, 9.17) is 0 Å². The Hall–Kier alpha value is -1.68. The van der Waals surface area contributed by atoms with Crippen molar-refractivity contribution in [2.45, 2.75) is 45.6 Å². The first kappa shape index (κ1) is 15.7. The monoisotopic (exact) mass is 288 g/mol. The van der Waals surface area contributed by atoms with E-state index in [1.807, 2.05) is 32.0 Å². The number of benzene rings is 1. The molecule has 4 heteroatoms. The topological polar surface area (TPSA) is 58.2 Å². The molecule has 114 valence electrons. The zero-order valence-corrected chi connectivity index (χ0v) is 12.9. The third kappa shape index (κ3) is 4.67. The molecule has 0 aromatic heterocycles. The summed E-state index contributed by atoms with van der Waals surface area (Å²) in [6.07, 6.45) is 2.49. The summed E-state index contributed by atoms with van der Waals surface area (Å²) in [5, 5.41) is 6.29. The molecule has 0 aliphatic carbocycles. The fraction of sp³-hybridized carbons (Fsp3) is 0.529. The summed E-state index contributed by atoms with van der Waals surface area (Å²) in [5.74, 6) is 0.0391. The highest BCUT2D eigenvalue weighted by Crippen LogP contribution is 2.14. The van der Waals surface area contributed by atoms with Crippen molar-refractivity contribution >= 4 is 11.7 Å². The molecule has 0 bridgehead atoms. The third-order valence-electron chi connectivity index (χ3n) is 3.98. The average molecular weight is 288 g/mol. The van der Waals surface area contributed by atoms with Gasteiger partial charge in [0.2, 0.25) is 5.91 Å². The number of carbonyl (C=O) groups is 2. The smallest absolute Gasteiger partial charge is 0.220 e. The molecule has 0 atom stereocenters. The zero-order chi connectivity index (χ0) is 15.2. The van der Waals surface area contributed by atoms with Gasteiger partial charge in [0, 0.05) is 24.4 Å². The normalized spacial score (nSPS) is 15.7. The van der Waals surface area contributed by atoms with E-state index in [0.29, 0.717) is 0 Å². The van der Waals surface area contributed by atoms with Crippen LogP contribution in [0.3, 0.4) is 0 Å². The van der Waals surface area contributed by atoms with Crippen molar-refractivity contribution in [1.29, 1.82) is 0 Å². The number of hydrogen-bond acceptors (Lipinski definition) is 3.